The van der Waals surface area contributed by atoms with Crippen molar-refractivity contribution >= 4 is 17.3 Å². The average Bonchev–Trinajstić information content (AvgIpc) is 2.29. The number of hydrogen-bond donors (Lipinski definition) is 2. The van der Waals surface area contributed by atoms with E-state index in [0.29, 0.717) is 16.4 Å². The fourth-order valence-electron chi connectivity index (χ4n) is 1.45. The van der Waals surface area contributed by atoms with Crippen molar-refractivity contribution in [3.63, 3.8) is 0 Å². The molecule has 0 fully saturated rings. The fourth-order valence-corrected chi connectivity index (χ4v) is 1.69. The van der Waals surface area contributed by atoms with Crippen LogP contribution in [0.15, 0.2) is 36.8 Å². The van der Waals surface area contributed by atoms with Crippen LogP contribution in [-0.4, -0.2) is 9.97 Å². The van der Waals surface area contributed by atoms with Gasteiger partial charge in [0.05, 0.1) is 16.8 Å². The van der Waals surface area contributed by atoms with Gasteiger partial charge in [-0.25, -0.2) is 0 Å². The molecule has 0 aromatic carbocycles. The van der Waals surface area contributed by atoms with Gasteiger partial charge in [0.15, 0.2) is 0 Å². The molecule has 0 saturated heterocycles. The van der Waals surface area contributed by atoms with Crippen LogP contribution in [0, 0.1) is 0 Å². The molecule has 82 valence electrons. The van der Waals surface area contributed by atoms with Gasteiger partial charge in [0.25, 0.3) is 0 Å². The van der Waals surface area contributed by atoms with Crippen molar-refractivity contribution in [2.45, 2.75) is 6.04 Å². The molecule has 2 aromatic heterocycles. The first kappa shape index (κ1) is 10.9. The number of nitrogens with zero attached hydrogens (tertiary/aromatic N) is 2. The first-order valence-electron chi connectivity index (χ1n) is 4.75. The lowest BCUT2D eigenvalue weighted by Gasteiger charge is -2.14. The zero-order chi connectivity index (χ0) is 11.5. The zero-order valence-corrected chi connectivity index (χ0v) is 9.22. The van der Waals surface area contributed by atoms with Crippen molar-refractivity contribution in [2.24, 2.45) is 5.73 Å². The summed E-state index contributed by atoms with van der Waals surface area (Å²) in [7, 11) is 0. The third kappa shape index (κ3) is 1.98. The van der Waals surface area contributed by atoms with E-state index in [1.54, 1.807) is 36.8 Å². The third-order valence-electron chi connectivity index (χ3n) is 2.30. The minimum Gasteiger partial charge on any atom is -0.398 e. The van der Waals surface area contributed by atoms with E-state index in [1.165, 1.54) is 0 Å². The van der Waals surface area contributed by atoms with Gasteiger partial charge in [-0.1, -0.05) is 11.6 Å². The third-order valence-corrected chi connectivity index (χ3v) is 2.62. The van der Waals surface area contributed by atoms with E-state index in [9.17, 15) is 0 Å². The summed E-state index contributed by atoms with van der Waals surface area (Å²) in [4.78, 5) is 8.15. The molecule has 0 spiro atoms. The minimum absolute atomic E-state index is 0.456. The summed E-state index contributed by atoms with van der Waals surface area (Å²) in [5.74, 6) is 0. The summed E-state index contributed by atoms with van der Waals surface area (Å²) < 4.78 is 0. The van der Waals surface area contributed by atoms with Gasteiger partial charge in [0, 0.05) is 29.8 Å². The Bertz CT molecular complexity index is 455. The molecule has 2 aromatic rings. The van der Waals surface area contributed by atoms with Crippen molar-refractivity contribution in [1.82, 2.24) is 9.97 Å². The predicted octanol–water partition coefficient (Wildman–Crippen LogP) is 1.76. The van der Waals surface area contributed by atoms with Crippen LogP contribution in [0.25, 0.3) is 0 Å². The van der Waals surface area contributed by atoms with Crippen LogP contribution in [-0.2, 0) is 0 Å². The molecule has 4 N–H and O–H groups in total. The molecule has 0 radical (unpaired) electrons. The Morgan fingerprint density at radius 2 is 2.06 bits per heavy atom. The number of rotatable bonds is 2. The van der Waals surface area contributed by atoms with Gasteiger partial charge in [-0.15, -0.1) is 0 Å². The number of nitrogen functional groups attached to an aromatic ring is 1. The van der Waals surface area contributed by atoms with Crippen molar-refractivity contribution in [3.8, 4) is 0 Å². The molecule has 4 nitrogen and oxygen atoms in total. The summed E-state index contributed by atoms with van der Waals surface area (Å²) in [5, 5.41) is 0.526. The lowest BCUT2D eigenvalue weighted by molar-refractivity contribution is 0.826. The quantitative estimate of drug-likeness (QED) is 0.830. The molecule has 2 heterocycles. The number of aromatic nitrogens is 2. The van der Waals surface area contributed by atoms with Crippen molar-refractivity contribution < 1.29 is 0 Å². The molecular weight excluding hydrogens is 224 g/mol. The molecule has 0 saturated carbocycles. The van der Waals surface area contributed by atoms with Gasteiger partial charge in [0.2, 0.25) is 0 Å². The molecular formula is C11H11ClN4. The monoisotopic (exact) mass is 234 g/mol. The maximum atomic E-state index is 6.05. The van der Waals surface area contributed by atoms with Crippen LogP contribution < -0.4 is 11.5 Å². The maximum absolute atomic E-state index is 6.05. The average molecular weight is 235 g/mol. The van der Waals surface area contributed by atoms with Crippen LogP contribution in [0.5, 0.6) is 0 Å². The van der Waals surface area contributed by atoms with Crippen LogP contribution >= 0.6 is 11.6 Å². The van der Waals surface area contributed by atoms with E-state index < -0.39 is 6.04 Å². The highest BCUT2D eigenvalue weighted by molar-refractivity contribution is 6.31. The van der Waals surface area contributed by atoms with Gasteiger partial charge in [-0.2, -0.15) is 0 Å². The summed E-state index contributed by atoms with van der Waals surface area (Å²) in [5.41, 5.74) is 13.8. The smallest absolute Gasteiger partial charge is 0.0803 e. The number of halogens is 1. The topological polar surface area (TPSA) is 77.8 Å². The van der Waals surface area contributed by atoms with Gasteiger partial charge >= 0.3 is 0 Å². The first-order chi connectivity index (χ1) is 7.70. The van der Waals surface area contributed by atoms with Crippen LogP contribution in [0.3, 0.4) is 0 Å². The number of anilines is 1. The standard InChI is InChI=1S/C11H11ClN4/c12-8-2-1-4-16-11(8)10(14)7-6-15-5-3-9(7)13/h1-6,10H,14H2,(H2,13,15). The van der Waals surface area contributed by atoms with Gasteiger partial charge < -0.3 is 11.5 Å². The van der Waals surface area contributed by atoms with E-state index in [-0.39, 0.29) is 0 Å². The Kier molecular flexibility index (Phi) is 3.03. The highest BCUT2D eigenvalue weighted by Gasteiger charge is 2.15. The van der Waals surface area contributed by atoms with E-state index in [4.69, 9.17) is 23.1 Å². The van der Waals surface area contributed by atoms with E-state index in [1.807, 2.05) is 0 Å². The molecule has 16 heavy (non-hydrogen) atoms. The molecule has 2 rings (SSSR count). The second kappa shape index (κ2) is 4.47. The van der Waals surface area contributed by atoms with Crippen LogP contribution in [0.4, 0.5) is 5.69 Å². The molecule has 5 heteroatoms. The van der Waals surface area contributed by atoms with E-state index >= 15 is 0 Å². The summed E-state index contributed by atoms with van der Waals surface area (Å²) in [6.07, 6.45) is 4.89. The second-order valence-corrected chi connectivity index (χ2v) is 3.76. The van der Waals surface area contributed by atoms with Gasteiger partial charge in [-0.3, -0.25) is 9.97 Å². The molecule has 1 atom stereocenters. The molecule has 0 aliphatic heterocycles. The molecule has 0 bridgehead atoms. The number of nitrogens with two attached hydrogens (primary N) is 2. The van der Waals surface area contributed by atoms with Crippen molar-refractivity contribution in [3.05, 3.63) is 53.1 Å². The SMILES string of the molecule is Nc1ccncc1C(N)c1ncccc1Cl. The van der Waals surface area contributed by atoms with Crippen molar-refractivity contribution in [1.29, 1.82) is 0 Å². The minimum atomic E-state index is -0.456. The predicted molar refractivity (Wildman–Crippen MR) is 63.9 cm³/mol. The Morgan fingerprint density at radius 3 is 2.75 bits per heavy atom. The Hall–Kier alpha value is -1.65. The Morgan fingerprint density at radius 1 is 1.25 bits per heavy atom. The lowest BCUT2D eigenvalue weighted by atomic mass is 10.0. The molecule has 0 amide bonds. The van der Waals surface area contributed by atoms with E-state index in [0.717, 1.165) is 5.56 Å². The summed E-state index contributed by atoms with van der Waals surface area (Å²) >= 11 is 6.02. The Balaban J connectivity index is 2.44. The molecule has 1 unspecified atom stereocenters. The normalized spacial score (nSPS) is 12.4. The van der Waals surface area contributed by atoms with Crippen LogP contribution in [0.2, 0.25) is 5.02 Å². The number of pyridine rings is 2. The summed E-state index contributed by atoms with van der Waals surface area (Å²) in [6.45, 7) is 0. The Labute approximate surface area is 98.3 Å². The second-order valence-electron chi connectivity index (χ2n) is 3.35. The highest BCUT2D eigenvalue weighted by atomic mass is 35.5. The van der Waals surface area contributed by atoms with Gasteiger partial charge in [0.1, 0.15) is 0 Å². The van der Waals surface area contributed by atoms with E-state index in [2.05, 4.69) is 9.97 Å². The highest BCUT2D eigenvalue weighted by Crippen LogP contribution is 2.26. The largest absolute Gasteiger partial charge is 0.398 e. The lowest BCUT2D eigenvalue weighted by Crippen LogP contribution is -2.16. The van der Waals surface area contributed by atoms with Crippen molar-refractivity contribution in [2.75, 3.05) is 5.73 Å². The van der Waals surface area contributed by atoms with Gasteiger partial charge in [-0.05, 0) is 18.2 Å². The first-order valence-corrected chi connectivity index (χ1v) is 5.13. The summed E-state index contributed by atoms with van der Waals surface area (Å²) in [6, 6.07) is 4.75. The maximum Gasteiger partial charge on any atom is 0.0803 e. The van der Waals surface area contributed by atoms with Crippen LogP contribution in [0.1, 0.15) is 17.3 Å². The zero-order valence-electron chi connectivity index (χ0n) is 8.47. The molecule has 0 aliphatic rings. The number of hydrogen-bond acceptors (Lipinski definition) is 4. The molecule has 0 aliphatic carbocycles. The fraction of sp³-hybridized carbons (Fsp3) is 0.0909.